The van der Waals surface area contributed by atoms with Gasteiger partial charge < -0.3 is 24.1 Å². The molecule has 1 atom stereocenters. The van der Waals surface area contributed by atoms with E-state index >= 15 is 0 Å². The monoisotopic (exact) mass is 561 g/mol. The minimum atomic E-state index is -1.14. The molecular weight excluding hydrogens is 530 g/mol. The van der Waals surface area contributed by atoms with Crippen LogP contribution in [-0.4, -0.2) is 43.7 Å². The molecule has 214 valence electrons. The lowest BCUT2D eigenvalue weighted by Crippen LogP contribution is -2.33. The third kappa shape index (κ3) is 5.56. The van der Waals surface area contributed by atoms with Crippen LogP contribution in [0.25, 0.3) is 16.7 Å². The Hall–Kier alpha value is -4.93. The smallest absolute Gasteiger partial charge is 0.345 e. The number of allylic oxidation sites excluding steroid dienone is 1. The van der Waals surface area contributed by atoms with Gasteiger partial charge in [-0.05, 0) is 51.5 Å². The topological polar surface area (TPSA) is 141 Å². The van der Waals surface area contributed by atoms with E-state index in [1.165, 1.54) is 25.3 Å². The van der Waals surface area contributed by atoms with E-state index in [-0.39, 0.29) is 40.3 Å². The number of fused-ring (bicyclic) bond motifs is 1. The molecule has 0 aliphatic carbocycles. The Kier molecular flexibility index (Phi) is 8.56. The number of benzene rings is 2. The molecule has 0 fully saturated rings. The summed E-state index contributed by atoms with van der Waals surface area (Å²) in [5.74, 6) is -2.70. The number of non-ortho nitro benzene ring substituents is 1. The number of dihydropyridines is 1. The molecule has 2 aromatic carbocycles. The number of methoxy groups -OCH3 is 1. The molecule has 11 heteroatoms. The van der Waals surface area contributed by atoms with Crippen LogP contribution in [0.1, 0.15) is 44.7 Å². The van der Waals surface area contributed by atoms with Gasteiger partial charge in [0.2, 0.25) is 0 Å². The fraction of sp³-hybridized carbons (Fsp3) is 0.300. The molecule has 2 heterocycles. The van der Waals surface area contributed by atoms with Crippen LogP contribution in [0.15, 0.2) is 74.6 Å². The molecule has 11 nitrogen and oxygen atoms in total. The highest BCUT2D eigenvalue weighted by molar-refractivity contribution is 6.05. The molecule has 1 aliphatic heterocycles. The van der Waals surface area contributed by atoms with Crippen molar-refractivity contribution in [1.29, 1.82) is 0 Å². The molecule has 0 saturated heterocycles. The number of nitro groups is 1. The quantitative estimate of drug-likeness (QED) is 0.170. The Labute approximate surface area is 236 Å². The second-order valence-electron chi connectivity index (χ2n) is 9.29. The van der Waals surface area contributed by atoms with E-state index in [0.717, 1.165) is 18.8 Å². The number of ether oxygens (including phenoxy) is 2. The molecule has 1 aliphatic rings. The maximum atomic E-state index is 13.5. The second kappa shape index (κ2) is 12.1. The summed E-state index contributed by atoms with van der Waals surface area (Å²) < 4.78 is 16.1. The Morgan fingerprint density at radius 2 is 1.78 bits per heavy atom. The third-order valence-electron chi connectivity index (χ3n) is 7.00. The van der Waals surface area contributed by atoms with E-state index in [0.29, 0.717) is 16.7 Å². The lowest BCUT2D eigenvalue weighted by atomic mass is 9.79. The lowest BCUT2D eigenvalue weighted by molar-refractivity contribution is -0.384. The van der Waals surface area contributed by atoms with Crippen LogP contribution in [0.4, 0.5) is 11.4 Å². The second-order valence-corrected chi connectivity index (χ2v) is 9.29. The van der Waals surface area contributed by atoms with Gasteiger partial charge in [0.05, 0.1) is 47.0 Å². The van der Waals surface area contributed by atoms with Crippen molar-refractivity contribution in [3.05, 3.63) is 97.0 Å². The summed E-state index contributed by atoms with van der Waals surface area (Å²) in [4.78, 5) is 53.1. The molecule has 1 N–H and O–H groups in total. The number of nitrogens with zero attached hydrogens (tertiary/aromatic N) is 2. The average Bonchev–Trinajstić information content (AvgIpc) is 2.96. The van der Waals surface area contributed by atoms with Gasteiger partial charge in [-0.1, -0.05) is 12.1 Å². The number of nitro benzene ring substituents is 1. The standard InChI is InChI=1S/C30H31N3O8/c1-6-32(7-2)20-13-12-18-15-22(28(34)41-23(18)16-20)27-26(30(36)40-8-3)25(24(17(4)31-27)29(35)39-5)19-10-9-11-21(14-19)33(37)38/h9-16,25,31H,6-8H2,1-5H3. The van der Waals surface area contributed by atoms with Crippen molar-refractivity contribution < 1.29 is 28.4 Å². The summed E-state index contributed by atoms with van der Waals surface area (Å²) in [5.41, 5.74) is 0.972. The van der Waals surface area contributed by atoms with Gasteiger partial charge in [0.1, 0.15) is 5.58 Å². The minimum Gasteiger partial charge on any atom is -0.466 e. The van der Waals surface area contributed by atoms with E-state index in [1.807, 2.05) is 26.0 Å². The summed E-state index contributed by atoms with van der Waals surface area (Å²) in [7, 11) is 1.20. The summed E-state index contributed by atoms with van der Waals surface area (Å²) >= 11 is 0. The zero-order chi connectivity index (χ0) is 29.8. The first-order valence-corrected chi connectivity index (χ1v) is 13.2. The van der Waals surface area contributed by atoms with E-state index in [1.54, 1.807) is 32.0 Å². The molecule has 0 saturated carbocycles. The molecule has 1 unspecified atom stereocenters. The number of rotatable bonds is 9. The van der Waals surface area contributed by atoms with Gasteiger partial charge in [0.25, 0.3) is 5.69 Å². The molecule has 0 radical (unpaired) electrons. The summed E-state index contributed by atoms with van der Waals surface area (Å²) in [6.45, 7) is 8.83. The van der Waals surface area contributed by atoms with Gasteiger partial charge in [-0.3, -0.25) is 10.1 Å². The summed E-state index contributed by atoms with van der Waals surface area (Å²) in [5, 5.41) is 15.2. The van der Waals surface area contributed by atoms with Crippen LogP contribution in [-0.2, 0) is 19.1 Å². The summed E-state index contributed by atoms with van der Waals surface area (Å²) in [6, 6.07) is 12.7. The van der Waals surface area contributed by atoms with Crippen LogP contribution in [0, 0.1) is 10.1 Å². The Balaban J connectivity index is 2.01. The van der Waals surface area contributed by atoms with Crippen LogP contribution >= 0.6 is 0 Å². The number of esters is 2. The molecule has 3 aromatic rings. The Morgan fingerprint density at radius 1 is 1.05 bits per heavy atom. The first-order chi connectivity index (χ1) is 19.6. The molecule has 41 heavy (non-hydrogen) atoms. The van der Waals surface area contributed by atoms with Crippen molar-refractivity contribution in [2.24, 2.45) is 0 Å². The zero-order valence-corrected chi connectivity index (χ0v) is 23.5. The van der Waals surface area contributed by atoms with E-state index in [2.05, 4.69) is 10.2 Å². The predicted molar refractivity (Wildman–Crippen MR) is 153 cm³/mol. The number of nitrogens with one attached hydrogen (secondary N) is 1. The van der Waals surface area contributed by atoms with Crippen molar-refractivity contribution in [3.8, 4) is 0 Å². The first kappa shape index (κ1) is 29.1. The van der Waals surface area contributed by atoms with Gasteiger partial charge in [-0.15, -0.1) is 0 Å². The highest BCUT2D eigenvalue weighted by Crippen LogP contribution is 2.42. The lowest BCUT2D eigenvalue weighted by Gasteiger charge is -2.31. The molecule has 4 rings (SSSR count). The Bertz CT molecular complexity index is 1650. The summed E-state index contributed by atoms with van der Waals surface area (Å²) in [6.07, 6.45) is 0. The molecule has 0 bridgehead atoms. The first-order valence-electron chi connectivity index (χ1n) is 13.2. The molecular formula is C30H31N3O8. The minimum absolute atomic E-state index is 0.00792. The number of anilines is 1. The molecule has 1 aromatic heterocycles. The molecule has 0 amide bonds. The van der Waals surface area contributed by atoms with Crippen molar-refractivity contribution in [3.63, 3.8) is 0 Å². The van der Waals surface area contributed by atoms with E-state index in [4.69, 9.17) is 13.9 Å². The maximum Gasteiger partial charge on any atom is 0.345 e. The fourth-order valence-electron chi connectivity index (χ4n) is 5.06. The highest BCUT2D eigenvalue weighted by atomic mass is 16.6. The van der Waals surface area contributed by atoms with Gasteiger partial charge in [-0.2, -0.15) is 0 Å². The number of hydrogen-bond acceptors (Lipinski definition) is 10. The number of hydrogen-bond donors (Lipinski definition) is 1. The van der Waals surface area contributed by atoms with Gasteiger partial charge in [-0.25, -0.2) is 14.4 Å². The number of carbonyl (C=O) groups excluding carboxylic acids is 2. The van der Waals surface area contributed by atoms with Crippen LogP contribution in [0.3, 0.4) is 0 Å². The van der Waals surface area contributed by atoms with Crippen molar-refractivity contribution >= 4 is 40.0 Å². The SMILES string of the molecule is CCOC(=O)C1=C(c2cc3ccc(N(CC)CC)cc3oc2=O)NC(C)=C(C(=O)OC)C1c1cccc([N+](=O)[O-])c1. The van der Waals surface area contributed by atoms with Crippen LogP contribution < -0.4 is 15.8 Å². The fourth-order valence-corrected chi connectivity index (χ4v) is 5.06. The van der Waals surface area contributed by atoms with Gasteiger partial charge >= 0.3 is 17.6 Å². The van der Waals surface area contributed by atoms with Crippen molar-refractivity contribution in [2.75, 3.05) is 31.7 Å². The third-order valence-corrected chi connectivity index (χ3v) is 7.00. The van der Waals surface area contributed by atoms with Crippen LogP contribution in [0.5, 0.6) is 0 Å². The average molecular weight is 562 g/mol. The maximum absolute atomic E-state index is 13.5. The van der Waals surface area contributed by atoms with E-state index in [9.17, 15) is 24.5 Å². The number of carbonyl (C=O) groups is 2. The van der Waals surface area contributed by atoms with Crippen molar-refractivity contribution in [2.45, 2.75) is 33.6 Å². The van der Waals surface area contributed by atoms with Crippen molar-refractivity contribution in [1.82, 2.24) is 5.32 Å². The Morgan fingerprint density at radius 3 is 2.41 bits per heavy atom. The van der Waals surface area contributed by atoms with Gasteiger partial charge in [0, 0.05) is 48.1 Å². The largest absolute Gasteiger partial charge is 0.466 e. The van der Waals surface area contributed by atoms with Gasteiger partial charge in [0.15, 0.2) is 0 Å². The highest BCUT2D eigenvalue weighted by Gasteiger charge is 2.40. The van der Waals surface area contributed by atoms with Crippen LogP contribution in [0.2, 0.25) is 0 Å². The normalized spacial score (nSPS) is 15.0. The predicted octanol–water partition coefficient (Wildman–Crippen LogP) is 4.66. The molecule has 0 spiro atoms. The van der Waals surface area contributed by atoms with E-state index < -0.39 is 28.4 Å². The zero-order valence-electron chi connectivity index (χ0n) is 23.5.